The Morgan fingerprint density at radius 3 is 2.80 bits per heavy atom. The molecule has 2 heterocycles. The molecule has 1 atom stereocenters. The molecule has 1 amide bonds. The van der Waals surface area contributed by atoms with Gasteiger partial charge in [0, 0.05) is 25.3 Å². The van der Waals surface area contributed by atoms with Gasteiger partial charge in [0.05, 0.1) is 26.9 Å². The van der Waals surface area contributed by atoms with Gasteiger partial charge < -0.3 is 19.1 Å². The summed E-state index contributed by atoms with van der Waals surface area (Å²) in [6.07, 6.45) is 3.84. The minimum absolute atomic E-state index is 0.0603. The molecule has 2 saturated heterocycles. The molecule has 2 fully saturated rings. The molecule has 0 saturated carbocycles. The van der Waals surface area contributed by atoms with Gasteiger partial charge in [0.15, 0.2) is 5.11 Å². The maximum atomic E-state index is 12.8. The predicted molar refractivity (Wildman–Crippen MR) is 98.6 cm³/mol. The van der Waals surface area contributed by atoms with E-state index in [-0.39, 0.29) is 12.0 Å². The first-order valence-electron chi connectivity index (χ1n) is 8.20. The smallest absolute Gasteiger partial charge is 0.276 e. The number of carbonyl (C=O) groups is 1. The average molecular weight is 362 g/mol. The molecule has 6 nitrogen and oxygen atoms in total. The molecule has 1 aromatic rings. The lowest BCUT2D eigenvalue weighted by Crippen LogP contribution is -2.37. The van der Waals surface area contributed by atoms with Crippen molar-refractivity contribution in [2.45, 2.75) is 18.9 Å². The largest absolute Gasteiger partial charge is 0.497 e. The number of thiocarbonyl (C=S) groups is 1. The van der Waals surface area contributed by atoms with Gasteiger partial charge in [-0.1, -0.05) is 0 Å². The van der Waals surface area contributed by atoms with Gasteiger partial charge in [0.1, 0.15) is 17.2 Å². The fraction of sp³-hybridized carbons (Fsp3) is 0.444. The molecule has 2 aliphatic rings. The van der Waals surface area contributed by atoms with E-state index in [1.54, 1.807) is 43.2 Å². The van der Waals surface area contributed by atoms with Gasteiger partial charge in [-0.05, 0) is 43.3 Å². The van der Waals surface area contributed by atoms with E-state index in [0.717, 1.165) is 25.0 Å². The number of carbonyl (C=O) groups excluding carboxylic acids is 1. The second-order valence-electron chi connectivity index (χ2n) is 6.03. The van der Waals surface area contributed by atoms with Crippen molar-refractivity contribution in [2.75, 3.05) is 34.4 Å². The SMILES string of the molecule is COc1ccc(/C=C2\C(=O)N(C[C@H]3CCCO3)C(=S)N2C)c(OC)c1. The maximum Gasteiger partial charge on any atom is 0.276 e. The zero-order valence-corrected chi connectivity index (χ0v) is 15.5. The van der Waals surface area contributed by atoms with Crippen LogP contribution in [-0.2, 0) is 9.53 Å². The van der Waals surface area contributed by atoms with Crippen LogP contribution < -0.4 is 9.47 Å². The summed E-state index contributed by atoms with van der Waals surface area (Å²) in [5, 5.41) is 0.499. The van der Waals surface area contributed by atoms with Crippen LogP contribution in [0.4, 0.5) is 0 Å². The maximum absolute atomic E-state index is 12.8. The summed E-state index contributed by atoms with van der Waals surface area (Å²) in [6, 6.07) is 5.47. The Morgan fingerprint density at radius 2 is 2.16 bits per heavy atom. The molecule has 0 N–H and O–H groups in total. The first-order chi connectivity index (χ1) is 12.0. The van der Waals surface area contributed by atoms with Crippen LogP contribution in [0, 0.1) is 0 Å². The molecule has 7 heteroatoms. The Hall–Kier alpha value is -2.12. The highest BCUT2D eigenvalue weighted by Crippen LogP contribution is 2.30. The minimum atomic E-state index is -0.110. The Bertz CT molecular complexity index is 713. The standard InChI is InChI=1S/C18H22N2O4S/c1-19-15(9-12-6-7-13(22-2)10-16(12)23-3)17(21)20(18(19)25)11-14-5-4-8-24-14/h6-7,9-10,14H,4-5,8,11H2,1-3H3/b15-9+/t14-/m1/s1. The highest BCUT2D eigenvalue weighted by Gasteiger charge is 2.37. The molecule has 2 aliphatic heterocycles. The number of ether oxygens (including phenoxy) is 3. The van der Waals surface area contributed by atoms with Crippen molar-refractivity contribution < 1.29 is 19.0 Å². The first kappa shape index (κ1) is 17.7. The van der Waals surface area contributed by atoms with Crippen LogP contribution >= 0.6 is 12.2 Å². The summed E-state index contributed by atoms with van der Waals surface area (Å²) < 4.78 is 16.3. The van der Waals surface area contributed by atoms with Crippen molar-refractivity contribution >= 4 is 29.3 Å². The topological polar surface area (TPSA) is 51.2 Å². The van der Waals surface area contributed by atoms with Crippen molar-refractivity contribution in [1.82, 2.24) is 9.80 Å². The van der Waals surface area contributed by atoms with Gasteiger partial charge in [0.25, 0.3) is 5.91 Å². The average Bonchev–Trinajstić information content (AvgIpc) is 3.21. The lowest BCUT2D eigenvalue weighted by molar-refractivity contribution is -0.123. The van der Waals surface area contributed by atoms with Crippen LogP contribution in [0.2, 0.25) is 0 Å². The number of amides is 1. The molecule has 0 radical (unpaired) electrons. The van der Waals surface area contributed by atoms with Crippen LogP contribution in [0.1, 0.15) is 18.4 Å². The van der Waals surface area contributed by atoms with E-state index in [9.17, 15) is 4.79 Å². The van der Waals surface area contributed by atoms with E-state index in [4.69, 9.17) is 26.4 Å². The number of hydrogen-bond acceptors (Lipinski definition) is 5. The van der Waals surface area contributed by atoms with Crippen LogP contribution in [0.25, 0.3) is 6.08 Å². The highest BCUT2D eigenvalue weighted by molar-refractivity contribution is 7.80. The highest BCUT2D eigenvalue weighted by atomic mass is 32.1. The van der Waals surface area contributed by atoms with E-state index in [1.807, 2.05) is 12.1 Å². The van der Waals surface area contributed by atoms with Gasteiger partial charge >= 0.3 is 0 Å². The number of hydrogen-bond donors (Lipinski definition) is 0. The molecule has 1 aromatic carbocycles. The number of likely N-dealkylation sites (N-methyl/N-ethyl adjacent to an activating group) is 1. The quantitative estimate of drug-likeness (QED) is 0.592. The third-order valence-electron chi connectivity index (χ3n) is 4.49. The van der Waals surface area contributed by atoms with Gasteiger partial charge in [0.2, 0.25) is 0 Å². The van der Waals surface area contributed by atoms with Crippen molar-refractivity contribution in [2.24, 2.45) is 0 Å². The van der Waals surface area contributed by atoms with E-state index < -0.39 is 0 Å². The normalized spacial score (nSPS) is 22.2. The number of methoxy groups -OCH3 is 2. The molecule has 0 spiro atoms. The summed E-state index contributed by atoms with van der Waals surface area (Å²) in [4.78, 5) is 16.2. The van der Waals surface area contributed by atoms with Crippen molar-refractivity contribution in [3.05, 3.63) is 29.5 Å². The monoisotopic (exact) mass is 362 g/mol. The number of benzene rings is 1. The van der Waals surface area contributed by atoms with E-state index in [1.165, 1.54) is 0 Å². The molecule has 0 aromatic heterocycles. The van der Waals surface area contributed by atoms with E-state index in [0.29, 0.717) is 28.9 Å². The molecular formula is C18H22N2O4S. The zero-order valence-electron chi connectivity index (χ0n) is 14.7. The third-order valence-corrected chi connectivity index (χ3v) is 4.98. The van der Waals surface area contributed by atoms with Crippen LogP contribution in [0.15, 0.2) is 23.9 Å². The molecule has 3 rings (SSSR count). The molecule has 0 bridgehead atoms. The second-order valence-corrected chi connectivity index (χ2v) is 6.39. The first-order valence-corrected chi connectivity index (χ1v) is 8.61. The van der Waals surface area contributed by atoms with E-state index in [2.05, 4.69) is 0 Å². The summed E-state index contributed by atoms with van der Waals surface area (Å²) in [5.41, 5.74) is 1.31. The van der Waals surface area contributed by atoms with Gasteiger partial charge in [-0.25, -0.2) is 0 Å². The van der Waals surface area contributed by atoms with Crippen LogP contribution in [0.3, 0.4) is 0 Å². The third kappa shape index (κ3) is 3.48. The van der Waals surface area contributed by atoms with Crippen molar-refractivity contribution in [3.63, 3.8) is 0 Å². The molecular weight excluding hydrogens is 340 g/mol. The van der Waals surface area contributed by atoms with Gasteiger partial charge in [-0.3, -0.25) is 9.69 Å². The number of rotatable bonds is 5. The Labute approximate surface area is 152 Å². The van der Waals surface area contributed by atoms with E-state index >= 15 is 0 Å². The second kappa shape index (κ2) is 7.41. The van der Waals surface area contributed by atoms with Gasteiger partial charge in [-0.2, -0.15) is 0 Å². The fourth-order valence-corrected chi connectivity index (χ4v) is 3.31. The van der Waals surface area contributed by atoms with Crippen LogP contribution in [0.5, 0.6) is 11.5 Å². The Balaban J connectivity index is 1.87. The summed E-state index contributed by atoms with van der Waals surface area (Å²) in [5.74, 6) is 1.22. The fourth-order valence-electron chi connectivity index (χ4n) is 3.05. The zero-order chi connectivity index (χ0) is 18.0. The summed E-state index contributed by atoms with van der Waals surface area (Å²) >= 11 is 5.45. The number of nitrogens with zero attached hydrogens (tertiary/aromatic N) is 2. The van der Waals surface area contributed by atoms with Gasteiger partial charge in [-0.15, -0.1) is 0 Å². The lowest BCUT2D eigenvalue weighted by Gasteiger charge is -2.19. The molecule has 134 valence electrons. The van der Waals surface area contributed by atoms with Crippen molar-refractivity contribution in [1.29, 1.82) is 0 Å². The summed E-state index contributed by atoms with van der Waals surface area (Å²) in [7, 11) is 4.99. The lowest BCUT2D eigenvalue weighted by atomic mass is 10.1. The Kier molecular flexibility index (Phi) is 5.24. The molecule has 0 unspecified atom stereocenters. The minimum Gasteiger partial charge on any atom is -0.497 e. The van der Waals surface area contributed by atoms with Crippen molar-refractivity contribution in [3.8, 4) is 11.5 Å². The van der Waals surface area contributed by atoms with Crippen LogP contribution in [-0.4, -0.2) is 61.3 Å². The Morgan fingerprint density at radius 1 is 1.36 bits per heavy atom. The molecule has 0 aliphatic carbocycles. The molecule has 25 heavy (non-hydrogen) atoms. The summed E-state index contributed by atoms with van der Waals surface area (Å²) in [6.45, 7) is 1.25. The predicted octanol–water partition coefficient (Wildman–Crippen LogP) is 2.28.